The van der Waals surface area contributed by atoms with E-state index in [1.807, 2.05) is 19.9 Å². The summed E-state index contributed by atoms with van der Waals surface area (Å²) in [5.74, 6) is -0.485. The highest BCUT2D eigenvalue weighted by atomic mass is 79.9. The zero-order valence-electron chi connectivity index (χ0n) is 23.5. The Morgan fingerprint density at radius 1 is 0.829 bits per heavy atom. The van der Waals surface area contributed by atoms with Gasteiger partial charge in [0.25, 0.3) is 0 Å². The number of aryl methyl sites for hydroxylation is 3. The van der Waals surface area contributed by atoms with Gasteiger partial charge in [0, 0.05) is 15.6 Å². The minimum absolute atomic E-state index is 0.0877. The summed E-state index contributed by atoms with van der Waals surface area (Å²) in [7, 11) is 0. The van der Waals surface area contributed by atoms with Crippen molar-refractivity contribution in [2.24, 2.45) is 0 Å². The third-order valence-corrected chi connectivity index (χ3v) is 8.14. The first-order valence-corrected chi connectivity index (χ1v) is 15.7. The number of hydrogen-bond acceptors (Lipinski definition) is 4. The van der Waals surface area contributed by atoms with Gasteiger partial charge in [0.15, 0.2) is 6.79 Å². The van der Waals surface area contributed by atoms with E-state index >= 15 is 0 Å². The molecule has 0 fully saturated rings. The van der Waals surface area contributed by atoms with Gasteiger partial charge in [-0.15, -0.1) is 0 Å². The van der Waals surface area contributed by atoms with Gasteiger partial charge in [0.05, 0.1) is 27.0 Å². The molecule has 216 valence electrons. The van der Waals surface area contributed by atoms with Gasteiger partial charge in [-0.1, -0.05) is 99.2 Å². The normalized spacial score (nSPS) is 10.5. The van der Waals surface area contributed by atoms with Gasteiger partial charge in [-0.3, -0.25) is 0 Å². The predicted octanol–water partition coefficient (Wildman–Crippen LogP) is 11.2. The van der Waals surface area contributed by atoms with E-state index in [9.17, 15) is 4.79 Å². The van der Waals surface area contributed by atoms with Crippen molar-refractivity contribution in [1.82, 2.24) is 0 Å². The molecule has 0 aromatic heterocycles. The van der Waals surface area contributed by atoms with E-state index in [0.717, 1.165) is 27.4 Å². The average molecular weight is 722 g/mol. The first-order valence-electron chi connectivity index (χ1n) is 13.3. The lowest BCUT2D eigenvalue weighted by molar-refractivity contribution is -0.0273. The van der Waals surface area contributed by atoms with E-state index in [4.69, 9.17) is 32.7 Å². The molecule has 0 saturated carbocycles. The summed E-state index contributed by atoms with van der Waals surface area (Å²) in [4.78, 5) is 12.2. The molecule has 4 nitrogen and oxygen atoms in total. The molecule has 0 saturated heterocycles. The van der Waals surface area contributed by atoms with Crippen LogP contribution in [0.3, 0.4) is 0 Å². The van der Waals surface area contributed by atoms with Gasteiger partial charge in [0.2, 0.25) is 0 Å². The number of halogens is 4. The maximum absolute atomic E-state index is 12.2. The van der Waals surface area contributed by atoms with Crippen LogP contribution < -0.4 is 5.32 Å². The average Bonchev–Trinajstić information content (AvgIpc) is 2.98. The van der Waals surface area contributed by atoms with Crippen molar-refractivity contribution in [3.05, 3.63) is 114 Å². The summed E-state index contributed by atoms with van der Waals surface area (Å²) in [6.07, 6.45) is 2.10. The van der Waals surface area contributed by atoms with Crippen LogP contribution in [0.5, 0.6) is 0 Å². The molecule has 0 atom stereocenters. The van der Waals surface area contributed by atoms with Crippen molar-refractivity contribution >= 4 is 72.4 Å². The standard InChI is InChI=1S/C17H17Cl2NO3.C16H16Br2/c1-3-22-10-23-17(21)12-6-4-5-7-14(12)20-16-13(18)9-8-11(2)15(16)19;1-3-11-9-13(17)5-7-15(11)16-8-6-14(18)10-12(16)4-2/h4-9,20H,3,10H2,1-2H3;5-10H,3-4H2,1-2H3. The Hall–Kier alpha value is -2.35. The van der Waals surface area contributed by atoms with Crippen LogP contribution in [0.4, 0.5) is 11.4 Å². The van der Waals surface area contributed by atoms with Crippen LogP contribution in [0.15, 0.2) is 81.7 Å². The number of nitrogens with one attached hydrogen (secondary N) is 1. The molecule has 0 spiro atoms. The van der Waals surface area contributed by atoms with Gasteiger partial charge in [0.1, 0.15) is 0 Å². The van der Waals surface area contributed by atoms with Gasteiger partial charge in [-0.25, -0.2) is 4.79 Å². The van der Waals surface area contributed by atoms with E-state index in [2.05, 4.69) is 87.4 Å². The van der Waals surface area contributed by atoms with Gasteiger partial charge in [-0.2, -0.15) is 0 Å². The fourth-order valence-electron chi connectivity index (χ4n) is 4.17. The van der Waals surface area contributed by atoms with E-state index in [0.29, 0.717) is 33.6 Å². The summed E-state index contributed by atoms with van der Waals surface area (Å²) < 4.78 is 12.4. The van der Waals surface area contributed by atoms with Gasteiger partial charge in [-0.05, 0) is 97.0 Å². The monoisotopic (exact) mass is 719 g/mol. The van der Waals surface area contributed by atoms with Crippen molar-refractivity contribution in [2.45, 2.75) is 40.5 Å². The summed E-state index contributed by atoms with van der Waals surface area (Å²) in [6.45, 7) is 8.50. The summed E-state index contributed by atoms with van der Waals surface area (Å²) in [5.41, 5.74) is 7.86. The molecular formula is C33H33Br2Cl2NO3. The highest BCUT2D eigenvalue weighted by molar-refractivity contribution is 9.10. The van der Waals surface area contributed by atoms with Crippen molar-refractivity contribution in [1.29, 1.82) is 0 Å². The highest BCUT2D eigenvalue weighted by Crippen LogP contribution is 2.36. The van der Waals surface area contributed by atoms with Crippen LogP contribution in [-0.4, -0.2) is 19.4 Å². The largest absolute Gasteiger partial charge is 0.435 e. The topological polar surface area (TPSA) is 47.6 Å². The molecule has 0 aliphatic carbocycles. The molecule has 4 rings (SSSR count). The van der Waals surface area contributed by atoms with E-state index in [-0.39, 0.29) is 6.79 Å². The number of carbonyl (C=O) groups is 1. The maximum Gasteiger partial charge on any atom is 0.342 e. The number of anilines is 2. The number of carbonyl (C=O) groups excluding carboxylic acids is 1. The molecule has 41 heavy (non-hydrogen) atoms. The molecular weight excluding hydrogens is 689 g/mol. The van der Waals surface area contributed by atoms with Crippen molar-refractivity contribution in [3.63, 3.8) is 0 Å². The Bertz CT molecular complexity index is 1440. The Morgan fingerprint density at radius 3 is 1.98 bits per heavy atom. The summed E-state index contributed by atoms with van der Waals surface area (Å²) in [6, 6.07) is 23.7. The molecule has 8 heteroatoms. The molecule has 0 unspecified atom stereocenters. The lowest BCUT2D eigenvalue weighted by atomic mass is 9.93. The second kappa shape index (κ2) is 16.3. The van der Waals surface area contributed by atoms with Crippen molar-refractivity contribution in [2.75, 3.05) is 18.7 Å². The van der Waals surface area contributed by atoms with Crippen LogP contribution in [0.25, 0.3) is 11.1 Å². The first-order chi connectivity index (χ1) is 19.7. The Morgan fingerprint density at radius 2 is 1.41 bits per heavy atom. The van der Waals surface area contributed by atoms with Crippen molar-refractivity contribution < 1.29 is 14.3 Å². The molecule has 0 aliphatic rings. The molecule has 0 aliphatic heterocycles. The lowest BCUT2D eigenvalue weighted by Gasteiger charge is -2.15. The first kappa shape index (κ1) is 33.2. The third kappa shape index (κ3) is 9.07. The lowest BCUT2D eigenvalue weighted by Crippen LogP contribution is -2.11. The van der Waals surface area contributed by atoms with Crippen LogP contribution in [0.2, 0.25) is 10.0 Å². The van der Waals surface area contributed by atoms with Gasteiger partial charge < -0.3 is 14.8 Å². The van der Waals surface area contributed by atoms with Crippen LogP contribution >= 0.6 is 55.1 Å². The van der Waals surface area contributed by atoms with Crippen molar-refractivity contribution in [3.8, 4) is 11.1 Å². The minimum atomic E-state index is -0.485. The molecule has 0 heterocycles. The number of rotatable bonds is 9. The number of hydrogen-bond donors (Lipinski definition) is 1. The molecule has 4 aromatic rings. The zero-order chi connectivity index (χ0) is 29.9. The maximum atomic E-state index is 12.2. The Labute approximate surface area is 269 Å². The fourth-order valence-corrected chi connectivity index (χ4v) is 5.45. The number of para-hydroxylation sites is 1. The Balaban J connectivity index is 0.000000232. The summed E-state index contributed by atoms with van der Waals surface area (Å²) in [5, 5.41) is 4.10. The smallest absolute Gasteiger partial charge is 0.342 e. The van der Waals surface area contributed by atoms with Crippen LogP contribution in [0.1, 0.15) is 47.8 Å². The molecule has 0 bridgehead atoms. The molecule has 1 N–H and O–H groups in total. The highest BCUT2D eigenvalue weighted by Gasteiger charge is 2.16. The molecule has 0 radical (unpaired) electrons. The van der Waals surface area contributed by atoms with Crippen LogP contribution in [0, 0.1) is 6.92 Å². The van der Waals surface area contributed by atoms with E-state index in [1.165, 1.54) is 22.3 Å². The van der Waals surface area contributed by atoms with E-state index < -0.39 is 5.97 Å². The molecule has 0 amide bonds. The van der Waals surface area contributed by atoms with Crippen LogP contribution in [-0.2, 0) is 22.3 Å². The third-order valence-electron chi connectivity index (χ3n) is 6.35. The number of ether oxygens (including phenoxy) is 2. The predicted molar refractivity (Wildman–Crippen MR) is 179 cm³/mol. The Kier molecular flexibility index (Phi) is 13.2. The quantitative estimate of drug-likeness (QED) is 0.106. The second-order valence-electron chi connectivity index (χ2n) is 9.08. The van der Waals surface area contributed by atoms with E-state index in [1.54, 1.807) is 30.3 Å². The molecule has 4 aromatic carbocycles. The second-order valence-corrected chi connectivity index (χ2v) is 11.7. The minimum Gasteiger partial charge on any atom is -0.435 e. The zero-order valence-corrected chi connectivity index (χ0v) is 28.2. The summed E-state index contributed by atoms with van der Waals surface area (Å²) >= 11 is 19.6. The van der Waals surface area contributed by atoms with Gasteiger partial charge >= 0.3 is 5.97 Å². The number of benzene rings is 4. The number of esters is 1. The SMILES string of the molecule is CCOCOC(=O)c1ccccc1Nc1c(Cl)ccc(C)c1Cl.CCc1cc(Br)ccc1-c1ccc(Br)cc1CC. The fraction of sp³-hybridized carbons (Fsp3) is 0.242.